The molecule has 0 aromatic heterocycles. The van der Waals surface area contributed by atoms with Crippen LogP contribution in [-0.2, 0) is 0 Å². The maximum absolute atomic E-state index is 4.99. The smallest absolute Gasteiger partial charge is 0.0596 e. The second-order valence-electron chi connectivity index (χ2n) is 1.44. The number of rotatable bonds is 2. The van der Waals surface area contributed by atoms with Crippen LogP contribution in [0.1, 0.15) is 0 Å². The van der Waals surface area contributed by atoms with Crippen molar-refractivity contribution in [2.75, 3.05) is 20.1 Å². The van der Waals surface area contributed by atoms with Crippen molar-refractivity contribution in [1.82, 2.24) is 4.90 Å². The highest BCUT2D eigenvalue weighted by Gasteiger charge is 1.84. The van der Waals surface area contributed by atoms with Gasteiger partial charge in [-0.25, -0.2) is 0 Å². The molecule has 0 aromatic rings. The summed E-state index contributed by atoms with van der Waals surface area (Å²) in [7, 11) is 1.94. The van der Waals surface area contributed by atoms with Gasteiger partial charge in [-0.05, 0) is 20.5 Å². The molecule has 0 bridgehead atoms. The molecule has 0 saturated carbocycles. The lowest BCUT2D eigenvalue weighted by Crippen LogP contribution is -2.17. The Hall–Kier alpha value is -0.480. The Morgan fingerprint density at radius 1 is 1.86 bits per heavy atom. The van der Waals surface area contributed by atoms with Gasteiger partial charge < -0.3 is 0 Å². The lowest BCUT2D eigenvalue weighted by Gasteiger charge is -2.06. The average molecular weight is 96.2 g/mol. The zero-order valence-corrected chi connectivity index (χ0v) is 4.65. The molecule has 39 valence electrons. The summed E-state index contributed by atoms with van der Waals surface area (Å²) in [6.45, 7) is 5.11. The summed E-state index contributed by atoms with van der Waals surface area (Å²) in [5.74, 6) is 2.50. The van der Waals surface area contributed by atoms with Crippen molar-refractivity contribution in [3.05, 3.63) is 6.92 Å². The van der Waals surface area contributed by atoms with Gasteiger partial charge in [-0.15, -0.1) is 6.42 Å². The van der Waals surface area contributed by atoms with Gasteiger partial charge in [0, 0.05) is 0 Å². The minimum absolute atomic E-state index is 0.698. The third-order valence-corrected chi connectivity index (χ3v) is 0.743. The summed E-state index contributed by atoms with van der Waals surface area (Å²) >= 11 is 0. The van der Waals surface area contributed by atoms with Crippen molar-refractivity contribution < 1.29 is 0 Å². The molecule has 0 rings (SSSR count). The van der Waals surface area contributed by atoms with Gasteiger partial charge in [0.25, 0.3) is 0 Å². The largest absolute Gasteiger partial charge is 0.295 e. The zero-order valence-electron chi connectivity index (χ0n) is 4.65. The predicted molar refractivity (Wildman–Crippen MR) is 31.7 cm³/mol. The lowest BCUT2D eigenvalue weighted by atomic mass is 10.5. The van der Waals surface area contributed by atoms with Gasteiger partial charge in [0.1, 0.15) is 0 Å². The Morgan fingerprint density at radius 3 is 2.57 bits per heavy atom. The molecule has 1 nitrogen and oxygen atoms in total. The van der Waals surface area contributed by atoms with Crippen LogP contribution in [0.25, 0.3) is 0 Å². The Morgan fingerprint density at radius 2 is 2.43 bits per heavy atom. The summed E-state index contributed by atoms with van der Waals surface area (Å²) in [6.07, 6.45) is 4.99. The molecule has 0 heterocycles. The van der Waals surface area contributed by atoms with Gasteiger partial charge in [-0.2, -0.15) is 0 Å². The Kier molecular flexibility index (Phi) is 3.45. The molecule has 0 atom stereocenters. The standard InChI is InChI=1S/C6H10N/c1-4-6-7(3)5-2/h1H,2,5-6H2,3H3. The molecule has 0 saturated heterocycles. The molecule has 0 aliphatic rings. The van der Waals surface area contributed by atoms with Crippen molar-refractivity contribution in [2.45, 2.75) is 0 Å². The van der Waals surface area contributed by atoms with Crippen molar-refractivity contribution in [3.8, 4) is 12.3 Å². The quantitative estimate of drug-likeness (QED) is 0.449. The van der Waals surface area contributed by atoms with Crippen LogP contribution in [0.2, 0.25) is 0 Å². The van der Waals surface area contributed by atoms with Gasteiger partial charge in [0.2, 0.25) is 0 Å². The molecule has 0 aliphatic heterocycles. The van der Waals surface area contributed by atoms with E-state index in [1.807, 2.05) is 11.9 Å². The normalized spacial score (nSPS) is 8.86. The maximum Gasteiger partial charge on any atom is 0.0596 e. The molecule has 0 fully saturated rings. The highest BCUT2D eigenvalue weighted by Crippen LogP contribution is 1.73. The second-order valence-corrected chi connectivity index (χ2v) is 1.44. The first-order chi connectivity index (χ1) is 3.31. The number of terminal acetylenes is 1. The van der Waals surface area contributed by atoms with Gasteiger partial charge in [-0.3, -0.25) is 4.90 Å². The van der Waals surface area contributed by atoms with Gasteiger partial charge in [0.15, 0.2) is 0 Å². The molecule has 0 unspecified atom stereocenters. The minimum Gasteiger partial charge on any atom is -0.295 e. The molecule has 1 radical (unpaired) electrons. The van der Waals surface area contributed by atoms with E-state index < -0.39 is 0 Å². The van der Waals surface area contributed by atoms with Crippen LogP contribution in [0.15, 0.2) is 0 Å². The van der Waals surface area contributed by atoms with E-state index >= 15 is 0 Å². The first-order valence-electron chi connectivity index (χ1n) is 2.22. The van der Waals surface area contributed by atoms with Crippen molar-refractivity contribution >= 4 is 0 Å². The maximum atomic E-state index is 4.99. The van der Waals surface area contributed by atoms with Crippen LogP contribution in [0.3, 0.4) is 0 Å². The van der Waals surface area contributed by atoms with E-state index in [-0.39, 0.29) is 0 Å². The van der Waals surface area contributed by atoms with Crippen LogP contribution in [-0.4, -0.2) is 25.0 Å². The van der Waals surface area contributed by atoms with E-state index in [4.69, 9.17) is 6.42 Å². The fourth-order valence-corrected chi connectivity index (χ4v) is 0.235. The van der Waals surface area contributed by atoms with Crippen LogP contribution < -0.4 is 0 Å². The Labute approximate surface area is 45.3 Å². The van der Waals surface area contributed by atoms with E-state index in [0.717, 1.165) is 6.54 Å². The van der Waals surface area contributed by atoms with E-state index in [0.29, 0.717) is 6.54 Å². The number of hydrogen-bond acceptors (Lipinski definition) is 1. The van der Waals surface area contributed by atoms with Gasteiger partial charge in [0.05, 0.1) is 6.54 Å². The SMILES string of the molecule is C#CCN(C)C[CH2]. The molecule has 7 heavy (non-hydrogen) atoms. The summed E-state index contributed by atoms with van der Waals surface area (Å²) in [5, 5.41) is 0. The van der Waals surface area contributed by atoms with Gasteiger partial charge in [-0.1, -0.05) is 5.92 Å². The molecule has 0 aromatic carbocycles. The molecular weight excluding hydrogens is 86.1 g/mol. The Balaban J connectivity index is 3.03. The zero-order chi connectivity index (χ0) is 5.70. The minimum atomic E-state index is 0.698. The van der Waals surface area contributed by atoms with E-state index in [1.54, 1.807) is 0 Å². The number of hydrogen-bond donors (Lipinski definition) is 0. The molecule has 0 spiro atoms. The van der Waals surface area contributed by atoms with E-state index in [1.165, 1.54) is 0 Å². The molecule has 0 amide bonds. The second kappa shape index (κ2) is 3.70. The molecular formula is C6H10N. The summed E-state index contributed by atoms with van der Waals surface area (Å²) in [4.78, 5) is 1.96. The molecule has 0 N–H and O–H groups in total. The topological polar surface area (TPSA) is 3.24 Å². The third-order valence-electron chi connectivity index (χ3n) is 0.743. The van der Waals surface area contributed by atoms with E-state index in [9.17, 15) is 0 Å². The Bertz CT molecular complexity index is 70.7. The first kappa shape index (κ1) is 6.52. The lowest BCUT2D eigenvalue weighted by molar-refractivity contribution is 0.417. The average Bonchev–Trinajstić information content (AvgIpc) is 1.68. The van der Waals surface area contributed by atoms with Crippen LogP contribution in [0, 0.1) is 19.3 Å². The van der Waals surface area contributed by atoms with Crippen LogP contribution in [0.4, 0.5) is 0 Å². The van der Waals surface area contributed by atoms with Crippen LogP contribution >= 0.6 is 0 Å². The summed E-state index contributed by atoms with van der Waals surface area (Å²) in [5.41, 5.74) is 0. The summed E-state index contributed by atoms with van der Waals surface area (Å²) < 4.78 is 0. The predicted octanol–water partition coefficient (Wildman–Crippen LogP) is 0.385. The summed E-state index contributed by atoms with van der Waals surface area (Å²) in [6, 6.07) is 0. The number of nitrogens with zero attached hydrogens (tertiary/aromatic N) is 1. The molecule has 1 heteroatoms. The monoisotopic (exact) mass is 96.1 g/mol. The van der Waals surface area contributed by atoms with E-state index in [2.05, 4.69) is 12.8 Å². The van der Waals surface area contributed by atoms with Crippen molar-refractivity contribution in [2.24, 2.45) is 0 Å². The third kappa shape index (κ3) is 3.35. The van der Waals surface area contributed by atoms with Gasteiger partial charge >= 0.3 is 0 Å². The highest BCUT2D eigenvalue weighted by atomic mass is 15.1. The fourth-order valence-electron chi connectivity index (χ4n) is 0.235. The van der Waals surface area contributed by atoms with Crippen molar-refractivity contribution in [1.29, 1.82) is 0 Å². The van der Waals surface area contributed by atoms with Crippen molar-refractivity contribution in [3.63, 3.8) is 0 Å². The molecule has 0 aliphatic carbocycles. The van der Waals surface area contributed by atoms with Crippen LogP contribution in [0.5, 0.6) is 0 Å². The fraction of sp³-hybridized carbons (Fsp3) is 0.500. The first-order valence-corrected chi connectivity index (χ1v) is 2.22. The highest BCUT2D eigenvalue weighted by molar-refractivity contribution is 4.87.